The first-order chi connectivity index (χ1) is 17.9. The van der Waals surface area contributed by atoms with Crippen LogP contribution in [0.15, 0.2) is 99.3 Å². The number of thioether (sulfide) groups is 2. The minimum absolute atomic E-state index is 0.171. The van der Waals surface area contributed by atoms with Gasteiger partial charge in [0.2, 0.25) is 0 Å². The summed E-state index contributed by atoms with van der Waals surface area (Å²) in [4.78, 5) is 21.1. The maximum absolute atomic E-state index is 13.6. The number of ether oxygens (including phenoxy) is 1. The monoisotopic (exact) mass is 593 g/mol. The minimum Gasteiger partial charge on any atom is -0.457 e. The van der Waals surface area contributed by atoms with Crippen LogP contribution in [0.3, 0.4) is 0 Å². The van der Waals surface area contributed by atoms with Crippen molar-refractivity contribution in [1.82, 2.24) is 9.88 Å². The maximum Gasteiger partial charge on any atom is 0.322 e. The molecule has 0 radical (unpaired) electrons. The standard InChI is InChI=1S/C29H28BrN3O2S2/c1-20-17-26(36-2)27(28(31-20)37-3)32-29(34)33(18-21-7-5-4-6-8-21)19-22-9-13-24(14-10-22)35-25-15-11-23(30)12-16-25/h4-17H,18-19H2,1-3H3,(H,32,34). The van der Waals surface area contributed by atoms with Crippen molar-refractivity contribution in [3.8, 4) is 11.5 Å². The average Bonchev–Trinajstić information content (AvgIpc) is 2.91. The van der Waals surface area contributed by atoms with Gasteiger partial charge in [0.05, 0.1) is 5.69 Å². The molecule has 0 saturated carbocycles. The summed E-state index contributed by atoms with van der Waals surface area (Å²) in [7, 11) is 0. The number of urea groups is 1. The highest BCUT2D eigenvalue weighted by Gasteiger charge is 2.19. The molecule has 190 valence electrons. The molecular formula is C29H28BrN3O2S2. The van der Waals surface area contributed by atoms with Crippen LogP contribution in [0.25, 0.3) is 0 Å². The van der Waals surface area contributed by atoms with Crippen LogP contribution in [0, 0.1) is 6.92 Å². The van der Waals surface area contributed by atoms with Crippen LogP contribution in [0.2, 0.25) is 0 Å². The number of hydrogen-bond acceptors (Lipinski definition) is 5. The Morgan fingerprint density at radius 1 is 0.892 bits per heavy atom. The van der Waals surface area contributed by atoms with E-state index in [0.29, 0.717) is 13.1 Å². The molecule has 3 aromatic carbocycles. The molecule has 2 amide bonds. The Morgan fingerprint density at radius 3 is 2.08 bits per heavy atom. The molecule has 4 aromatic rings. The molecule has 0 atom stereocenters. The second kappa shape index (κ2) is 13.0. The summed E-state index contributed by atoms with van der Waals surface area (Å²) in [5, 5.41) is 3.96. The first-order valence-electron chi connectivity index (χ1n) is 11.7. The van der Waals surface area contributed by atoms with Crippen LogP contribution in [0.4, 0.5) is 10.5 Å². The van der Waals surface area contributed by atoms with E-state index in [9.17, 15) is 4.79 Å². The lowest BCUT2D eigenvalue weighted by atomic mass is 10.1. The van der Waals surface area contributed by atoms with Gasteiger partial charge in [0.1, 0.15) is 16.5 Å². The van der Waals surface area contributed by atoms with Crippen LogP contribution in [-0.4, -0.2) is 28.4 Å². The highest BCUT2D eigenvalue weighted by Crippen LogP contribution is 2.34. The zero-order valence-corrected chi connectivity index (χ0v) is 24.1. The highest BCUT2D eigenvalue weighted by molar-refractivity contribution is 9.10. The fourth-order valence-electron chi connectivity index (χ4n) is 3.75. The number of anilines is 1. The van der Waals surface area contributed by atoms with Gasteiger partial charge in [-0.15, -0.1) is 23.5 Å². The van der Waals surface area contributed by atoms with E-state index in [4.69, 9.17) is 4.74 Å². The summed E-state index contributed by atoms with van der Waals surface area (Å²) in [5.74, 6) is 1.51. The van der Waals surface area contributed by atoms with Crippen molar-refractivity contribution in [3.63, 3.8) is 0 Å². The topological polar surface area (TPSA) is 54.5 Å². The highest BCUT2D eigenvalue weighted by atomic mass is 79.9. The third kappa shape index (κ3) is 7.53. The third-order valence-corrected chi connectivity index (χ3v) is 7.55. The first-order valence-corrected chi connectivity index (χ1v) is 14.9. The average molecular weight is 595 g/mol. The molecule has 5 nitrogen and oxygen atoms in total. The van der Waals surface area contributed by atoms with Gasteiger partial charge in [-0.1, -0.05) is 58.4 Å². The number of aromatic nitrogens is 1. The van der Waals surface area contributed by atoms with Gasteiger partial charge >= 0.3 is 6.03 Å². The van der Waals surface area contributed by atoms with Crippen molar-refractivity contribution < 1.29 is 9.53 Å². The lowest BCUT2D eigenvalue weighted by molar-refractivity contribution is 0.206. The number of hydrogen-bond donors (Lipinski definition) is 1. The first kappa shape index (κ1) is 27.1. The fourth-order valence-corrected chi connectivity index (χ4v) is 5.32. The molecule has 1 N–H and O–H groups in total. The quantitative estimate of drug-likeness (QED) is 0.197. The number of nitrogens with zero attached hydrogens (tertiary/aromatic N) is 2. The van der Waals surface area contributed by atoms with Crippen LogP contribution in [-0.2, 0) is 13.1 Å². The van der Waals surface area contributed by atoms with Crippen molar-refractivity contribution in [3.05, 3.63) is 106 Å². The Hall–Kier alpha value is -2.94. The van der Waals surface area contributed by atoms with Gasteiger partial charge in [0, 0.05) is 28.2 Å². The fraction of sp³-hybridized carbons (Fsp3) is 0.172. The summed E-state index contributed by atoms with van der Waals surface area (Å²) in [6, 6.07) is 27.4. The molecule has 37 heavy (non-hydrogen) atoms. The van der Waals surface area contributed by atoms with Gasteiger partial charge in [-0.05, 0) is 73.0 Å². The number of pyridine rings is 1. The Bertz CT molecular complexity index is 1310. The van der Waals surface area contributed by atoms with Crippen LogP contribution in [0.1, 0.15) is 16.8 Å². The van der Waals surface area contributed by atoms with Crippen LogP contribution >= 0.6 is 39.5 Å². The number of rotatable bonds is 9. The summed E-state index contributed by atoms with van der Waals surface area (Å²) >= 11 is 6.57. The number of amides is 2. The number of carbonyl (C=O) groups excluding carboxylic acids is 1. The molecule has 0 bridgehead atoms. The van der Waals surface area contributed by atoms with Gasteiger partial charge in [0.25, 0.3) is 0 Å². The number of carbonyl (C=O) groups is 1. The van der Waals surface area contributed by atoms with Crippen molar-refractivity contribution in [2.45, 2.75) is 29.9 Å². The van der Waals surface area contributed by atoms with E-state index in [1.165, 1.54) is 11.8 Å². The lowest BCUT2D eigenvalue weighted by Crippen LogP contribution is -2.34. The van der Waals surface area contributed by atoms with Gasteiger partial charge in [-0.2, -0.15) is 0 Å². The molecular weight excluding hydrogens is 566 g/mol. The van der Waals surface area contributed by atoms with Gasteiger partial charge in [-0.3, -0.25) is 0 Å². The van der Waals surface area contributed by atoms with Crippen LogP contribution in [0.5, 0.6) is 11.5 Å². The van der Waals surface area contributed by atoms with E-state index >= 15 is 0 Å². The van der Waals surface area contributed by atoms with Crippen molar-refractivity contribution in [2.24, 2.45) is 0 Å². The molecule has 0 aliphatic heterocycles. The largest absolute Gasteiger partial charge is 0.457 e. The Morgan fingerprint density at radius 2 is 1.49 bits per heavy atom. The molecule has 0 unspecified atom stereocenters. The summed E-state index contributed by atoms with van der Waals surface area (Å²) in [6.45, 7) is 2.89. The molecule has 0 aliphatic rings. The van der Waals surface area contributed by atoms with Crippen LogP contribution < -0.4 is 10.1 Å². The molecule has 1 heterocycles. The molecule has 0 spiro atoms. The van der Waals surface area contributed by atoms with E-state index in [-0.39, 0.29) is 6.03 Å². The molecule has 0 aliphatic carbocycles. The maximum atomic E-state index is 13.6. The normalized spacial score (nSPS) is 10.7. The SMILES string of the molecule is CSc1cc(C)nc(SC)c1NC(=O)N(Cc1ccccc1)Cc1ccc(Oc2ccc(Br)cc2)cc1. The number of aryl methyl sites for hydroxylation is 1. The minimum atomic E-state index is -0.171. The second-order valence-electron chi connectivity index (χ2n) is 8.32. The number of benzene rings is 3. The zero-order chi connectivity index (χ0) is 26.2. The molecule has 1 aromatic heterocycles. The number of halogens is 1. The Labute approximate surface area is 235 Å². The third-order valence-electron chi connectivity index (χ3n) is 5.57. The van der Waals surface area contributed by atoms with Gasteiger partial charge < -0.3 is 15.0 Å². The Balaban J connectivity index is 1.54. The zero-order valence-electron chi connectivity index (χ0n) is 20.9. The van der Waals surface area contributed by atoms with E-state index in [0.717, 1.165) is 48.4 Å². The second-order valence-corrected chi connectivity index (χ2v) is 10.9. The molecule has 0 saturated heterocycles. The van der Waals surface area contributed by atoms with Crippen molar-refractivity contribution in [1.29, 1.82) is 0 Å². The van der Waals surface area contributed by atoms with Gasteiger partial charge in [-0.25, -0.2) is 9.78 Å². The van der Waals surface area contributed by atoms with Crippen molar-refractivity contribution in [2.75, 3.05) is 17.8 Å². The lowest BCUT2D eigenvalue weighted by Gasteiger charge is -2.25. The molecule has 8 heteroatoms. The van der Waals surface area contributed by atoms with E-state index in [1.807, 2.05) is 109 Å². The number of nitrogens with one attached hydrogen (secondary N) is 1. The van der Waals surface area contributed by atoms with Crippen molar-refractivity contribution >= 4 is 51.2 Å². The van der Waals surface area contributed by atoms with E-state index < -0.39 is 0 Å². The molecule has 4 rings (SSSR count). The Kier molecular flexibility index (Phi) is 9.55. The predicted molar refractivity (Wildman–Crippen MR) is 158 cm³/mol. The summed E-state index contributed by atoms with van der Waals surface area (Å²) in [5.41, 5.74) is 3.75. The predicted octanol–water partition coefficient (Wildman–Crippen LogP) is 8.62. The van der Waals surface area contributed by atoms with Gasteiger partial charge in [0.15, 0.2) is 0 Å². The molecule has 0 fully saturated rings. The summed E-state index contributed by atoms with van der Waals surface area (Å²) in [6.07, 6.45) is 3.98. The van der Waals surface area contributed by atoms with E-state index in [1.54, 1.807) is 11.8 Å². The summed E-state index contributed by atoms with van der Waals surface area (Å²) < 4.78 is 6.95. The van der Waals surface area contributed by atoms with E-state index in [2.05, 4.69) is 26.2 Å². The smallest absolute Gasteiger partial charge is 0.322 e.